The van der Waals surface area contributed by atoms with Gasteiger partial charge in [-0.1, -0.05) is 12.5 Å². The molecule has 20 heavy (non-hydrogen) atoms. The number of nitrogens with zero attached hydrogens (tertiary/aromatic N) is 1. The van der Waals surface area contributed by atoms with Crippen LogP contribution in [0.4, 0.5) is 11.4 Å². The van der Waals surface area contributed by atoms with E-state index in [0.29, 0.717) is 17.7 Å². The Hall–Kier alpha value is -2.11. The maximum absolute atomic E-state index is 11.4. The summed E-state index contributed by atoms with van der Waals surface area (Å²) in [6, 6.07) is 4.61. The van der Waals surface area contributed by atoms with Crippen LogP contribution in [0.2, 0.25) is 0 Å². The van der Waals surface area contributed by atoms with Crippen LogP contribution in [0.15, 0.2) is 18.2 Å². The zero-order valence-corrected chi connectivity index (χ0v) is 11.5. The van der Waals surface area contributed by atoms with E-state index in [0.717, 1.165) is 12.8 Å². The van der Waals surface area contributed by atoms with Crippen LogP contribution in [-0.4, -0.2) is 22.0 Å². The molecule has 1 saturated carbocycles. The van der Waals surface area contributed by atoms with Crippen molar-refractivity contribution in [1.82, 2.24) is 0 Å². The summed E-state index contributed by atoms with van der Waals surface area (Å²) in [7, 11) is 0. The van der Waals surface area contributed by atoms with Crippen molar-refractivity contribution < 1.29 is 14.8 Å². The number of anilines is 1. The molecule has 1 aromatic rings. The van der Waals surface area contributed by atoms with E-state index in [1.165, 1.54) is 6.07 Å². The first-order valence-electron chi connectivity index (χ1n) is 6.60. The monoisotopic (exact) mass is 278 g/mol. The number of nitro groups is 1. The Balaban J connectivity index is 2.29. The zero-order valence-electron chi connectivity index (χ0n) is 11.5. The molecule has 0 radical (unpaired) electrons. The minimum Gasteiger partial charge on any atom is -0.481 e. The molecule has 1 aromatic carbocycles. The van der Waals surface area contributed by atoms with E-state index < -0.39 is 16.3 Å². The van der Waals surface area contributed by atoms with Gasteiger partial charge in [-0.2, -0.15) is 0 Å². The standard InChI is InChI=1S/C14H18N2O4/c1-9-10(5-3-6-11(9)16(19)20)15-12-7-4-8-14(12,2)13(17)18/h3,5-6,12,15H,4,7-8H2,1-2H3,(H,17,18). The first-order valence-corrected chi connectivity index (χ1v) is 6.60. The predicted molar refractivity (Wildman–Crippen MR) is 74.8 cm³/mol. The van der Waals surface area contributed by atoms with E-state index in [2.05, 4.69) is 5.32 Å². The van der Waals surface area contributed by atoms with Gasteiger partial charge in [-0.05, 0) is 32.8 Å². The molecule has 0 aromatic heterocycles. The molecule has 0 aliphatic heterocycles. The number of carbonyl (C=O) groups is 1. The number of hydrogen-bond donors (Lipinski definition) is 2. The normalized spacial score (nSPS) is 25.4. The molecule has 0 bridgehead atoms. The van der Waals surface area contributed by atoms with Crippen LogP contribution in [0.1, 0.15) is 31.7 Å². The van der Waals surface area contributed by atoms with E-state index in [1.807, 2.05) is 0 Å². The van der Waals surface area contributed by atoms with Crippen LogP contribution >= 0.6 is 0 Å². The van der Waals surface area contributed by atoms with Gasteiger partial charge in [0.05, 0.1) is 10.3 Å². The van der Waals surface area contributed by atoms with Gasteiger partial charge >= 0.3 is 5.97 Å². The molecule has 0 amide bonds. The van der Waals surface area contributed by atoms with Gasteiger partial charge < -0.3 is 10.4 Å². The Bertz CT molecular complexity index is 558. The Labute approximate surface area is 117 Å². The second-order valence-electron chi connectivity index (χ2n) is 5.52. The van der Waals surface area contributed by atoms with Crippen molar-refractivity contribution in [3.63, 3.8) is 0 Å². The second kappa shape index (κ2) is 5.11. The average molecular weight is 278 g/mol. The first kappa shape index (κ1) is 14.3. The number of rotatable bonds is 4. The predicted octanol–water partition coefficient (Wildman–Crippen LogP) is 2.96. The van der Waals surface area contributed by atoms with Gasteiger partial charge in [0.25, 0.3) is 5.69 Å². The summed E-state index contributed by atoms with van der Waals surface area (Å²) in [4.78, 5) is 21.9. The Morgan fingerprint density at radius 3 is 2.85 bits per heavy atom. The molecule has 2 N–H and O–H groups in total. The zero-order chi connectivity index (χ0) is 14.9. The van der Waals surface area contributed by atoms with Crippen molar-refractivity contribution >= 4 is 17.3 Å². The van der Waals surface area contributed by atoms with Crippen molar-refractivity contribution in [2.45, 2.75) is 39.2 Å². The van der Waals surface area contributed by atoms with E-state index in [4.69, 9.17) is 0 Å². The van der Waals surface area contributed by atoms with E-state index in [1.54, 1.807) is 26.0 Å². The van der Waals surface area contributed by atoms with Gasteiger partial charge in [-0.15, -0.1) is 0 Å². The molecule has 1 fully saturated rings. The average Bonchev–Trinajstić information content (AvgIpc) is 2.74. The third-order valence-electron chi connectivity index (χ3n) is 4.28. The van der Waals surface area contributed by atoms with Crippen molar-refractivity contribution in [3.8, 4) is 0 Å². The molecule has 1 aliphatic carbocycles. The third-order valence-corrected chi connectivity index (χ3v) is 4.28. The highest BCUT2D eigenvalue weighted by atomic mass is 16.6. The summed E-state index contributed by atoms with van der Waals surface area (Å²) in [6.07, 6.45) is 2.22. The number of nitro benzene ring substituents is 1. The number of aliphatic carboxylic acids is 1. The number of benzene rings is 1. The Morgan fingerprint density at radius 1 is 1.55 bits per heavy atom. The van der Waals surface area contributed by atoms with Gasteiger partial charge in [0.2, 0.25) is 0 Å². The highest BCUT2D eigenvalue weighted by Crippen LogP contribution is 2.40. The second-order valence-corrected chi connectivity index (χ2v) is 5.52. The first-order chi connectivity index (χ1) is 9.36. The van der Waals surface area contributed by atoms with Crippen molar-refractivity contribution in [2.24, 2.45) is 5.41 Å². The molecule has 108 valence electrons. The molecular weight excluding hydrogens is 260 g/mol. The van der Waals surface area contributed by atoms with Gasteiger partial charge in [0.15, 0.2) is 0 Å². The van der Waals surface area contributed by atoms with Gasteiger partial charge in [-0.3, -0.25) is 14.9 Å². The fourth-order valence-corrected chi connectivity index (χ4v) is 2.82. The van der Waals surface area contributed by atoms with Crippen LogP contribution in [0.5, 0.6) is 0 Å². The minimum atomic E-state index is -0.824. The topological polar surface area (TPSA) is 92.5 Å². The van der Waals surface area contributed by atoms with E-state index in [-0.39, 0.29) is 11.7 Å². The van der Waals surface area contributed by atoms with Crippen LogP contribution in [0.3, 0.4) is 0 Å². The lowest BCUT2D eigenvalue weighted by Gasteiger charge is -2.29. The summed E-state index contributed by atoms with van der Waals surface area (Å²) in [6.45, 7) is 3.40. The number of hydrogen-bond acceptors (Lipinski definition) is 4. The SMILES string of the molecule is Cc1c(NC2CCCC2(C)C(=O)O)cccc1[N+](=O)[O-]. The third kappa shape index (κ3) is 2.33. The smallest absolute Gasteiger partial charge is 0.311 e. The van der Waals surface area contributed by atoms with Crippen LogP contribution < -0.4 is 5.32 Å². The fraction of sp³-hybridized carbons (Fsp3) is 0.500. The lowest BCUT2D eigenvalue weighted by Crippen LogP contribution is -2.40. The number of nitrogens with one attached hydrogen (secondary N) is 1. The molecule has 0 spiro atoms. The van der Waals surface area contributed by atoms with Crippen LogP contribution in [-0.2, 0) is 4.79 Å². The summed E-state index contributed by atoms with van der Waals surface area (Å²) in [5, 5.41) is 23.5. The maximum Gasteiger partial charge on any atom is 0.311 e. The summed E-state index contributed by atoms with van der Waals surface area (Å²) in [5.74, 6) is -0.824. The van der Waals surface area contributed by atoms with Gasteiger partial charge in [-0.25, -0.2) is 0 Å². The molecule has 6 heteroatoms. The highest BCUT2D eigenvalue weighted by Gasteiger charge is 2.45. The maximum atomic E-state index is 11.4. The minimum absolute atomic E-state index is 0.0463. The summed E-state index contributed by atoms with van der Waals surface area (Å²) < 4.78 is 0. The summed E-state index contributed by atoms with van der Waals surface area (Å²) >= 11 is 0. The highest BCUT2D eigenvalue weighted by molar-refractivity contribution is 5.76. The van der Waals surface area contributed by atoms with Crippen LogP contribution in [0.25, 0.3) is 0 Å². The molecule has 6 nitrogen and oxygen atoms in total. The number of carboxylic acids is 1. The Kier molecular flexibility index (Phi) is 3.65. The summed E-state index contributed by atoms with van der Waals surface area (Å²) in [5.41, 5.74) is 0.401. The van der Waals surface area contributed by atoms with Crippen molar-refractivity contribution in [3.05, 3.63) is 33.9 Å². The lowest BCUT2D eigenvalue weighted by atomic mass is 9.84. The number of carboxylic acid groups (broad SMARTS) is 1. The van der Waals surface area contributed by atoms with E-state index >= 15 is 0 Å². The molecule has 0 heterocycles. The van der Waals surface area contributed by atoms with Crippen LogP contribution in [0, 0.1) is 22.5 Å². The quantitative estimate of drug-likeness (QED) is 0.652. The van der Waals surface area contributed by atoms with E-state index in [9.17, 15) is 20.0 Å². The van der Waals surface area contributed by atoms with Gasteiger partial charge in [0.1, 0.15) is 0 Å². The molecular formula is C14H18N2O4. The molecule has 2 atom stereocenters. The molecule has 2 unspecified atom stereocenters. The molecule has 0 saturated heterocycles. The van der Waals surface area contributed by atoms with Crippen molar-refractivity contribution in [1.29, 1.82) is 0 Å². The van der Waals surface area contributed by atoms with Gasteiger partial charge in [0, 0.05) is 23.4 Å². The fourth-order valence-electron chi connectivity index (χ4n) is 2.82. The lowest BCUT2D eigenvalue weighted by molar-refractivity contribution is -0.385. The molecule has 1 aliphatic rings. The largest absolute Gasteiger partial charge is 0.481 e. The van der Waals surface area contributed by atoms with Crippen molar-refractivity contribution in [2.75, 3.05) is 5.32 Å². The Morgan fingerprint density at radius 2 is 2.25 bits per heavy atom. The molecule has 2 rings (SSSR count).